The van der Waals surface area contributed by atoms with Gasteiger partial charge in [-0.1, -0.05) is 18.2 Å². The van der Waals surface area contributed by atoms with Crippen LogP contribution in [-0.2, 0) is 4.74 Å². The summed E-state index contributed by atoms with van der Waals surface area (Å²) in [5.74, 6) is 1.07. The molecule has 9 heteroatoms. The van der Waals surface area contributed by atoms with Gasteiger partial charge in [0.15, 0.2) is 0 Å². The monoisotopic (exact) mass is 527 g/mol. The van der Waals surface area contributed by atoms with Gasteiger partial charge in [0, 0.05) is 46.7 Å². The Balaban J connectivity index is 2.09. The first-order valence-electron chi connectivity index (χ1n) is 9.46. The summed E-state index contributed by atoms with van der Waals surface area (Å²) in [6.45, 7) is 5.31. The number of rotatable bonds is 8. The second-order valence-electron chi connectivity index (χ2n) is 6.63. The van der Waals surface area contributed by atoms with Gasteiger partial charge in [0.2, 0.25) is 0 Å². The van der Waals surface area contributed by atoms with Crippen molar-refractivity contribution in [3.8, 4) is 0 Å². The smallest absolute Gasteiger partial charge is 0.288 e. The van der Waals surface area contributed by atoms with E-state index < -0.39 is 10.6 Å². The Labute approximate surface area is 189 Å². The third-order valence-electron chi connectivity index (χ3n) is 4.02. The highest BCUT2D eigenvalue weighted by molar-refractivity contribution is 14.1. The summed E-state index contributed by atoms with van der Waals surface area (Å²) >= 11 is 1.56. The predicted octanol–water partition coefficient (Wildman–Crippen LogP) is 4.49. The number of aliphatic hydroxyl groups excluding tert-OH is 1. The summed E-state index contributed by atoms with van der Waals surface area (Å²) in [5.41, 5.74) is 2.58. The largest absolute Gasteiger partial charge is 0.456 e. The van der Waals surface area contributed by atoms with E-state index in [0.717, 1.165) is 23.4 Å². The number of hydrogen-bond donors (Lipinski definition) is 4. The maximum Gasteiger partial charge on any atom is 0.288 e. The molecule has 1 aromatic rings. The number of aromatic amines is 1. The van der Waals surface area contributed by atoms with Crippen LogP contribution in [0.1, 0.15) is 32.9 Å². The van der Waals surface area contributed by atoms with Gasteiger partial charge in [0.05, 0.1) is 23.8 Å². The second-order valence-corrected chi connectivity index (χ2v) is 7.61. The molecule has 0 amide bonds. The number of allylic oxidation sites excluding steroid dienone is 5. The summed E-state index contributed by atoms with van der Waals surface area (Å²) in [6.07, 6.45) is 16.4. The molecular formula is C21H27FIN5O2. The first kappa shape index (κ1) is 24.0. The van der Waals surface area contributed by atoms with Gasteiger partial charge >= 0.3 is 0 Å². The Hall–Kier alpha value is -2.24. The molecule has 0 spiro atoms. The topological polar surface area (TPSA) is 95.1 Å². The molecule has 3 unspecified atom stereocenters. The van der Waals surface area contributed by atoms with Gasteiger partial charge in [0.1, 0.15) is 12.0 Å². The Bertz CT molecular complexity index is 876. The first-order chi connectivity index (χ1) is 14.3. The SMILES string of the molecule is C/C(=C\C=C(/C)c1cncc(NC2=CCC(NC(C)O)C=C2)ncc[nH]1)OC(F)I. The molecule has 3 atom stereocenters. The van der Waals surface area contributed by atoms with Crippen LogP contribution in [0.4, 0.5) is 10.2 Å². The molecule has 1 heterocycles. The van der Waals surface area contributed by atoms with Crippen molar-refractivity contribution in [3.63, 3.8) is 0 Å². The molecule has 1 aromatic heterocycles. The maximum atomic E-state index is 12.9. The average molecular weight is 527 g/mol. The second kappa shape index (κ2) is 12.5. The zero-order valence-electron chi connectivity index (χ0n) is 17.1. The highest BCUT2D eigenvalue weighted by Crippen LogP contribution is 2.14. The van der Waals surface area contributed by atoms with Crippen molar-refractivity contribution < 1.29 is 14.2 Å². The molecule has 1 aliphatic rings. The van der Waals surface area contributed by atoms with E-state index in [-0.39, 0.29) is 6.04 Å². The number of alkyl halides is 2. The molecule has 0 saturated heterocycles. The molecule has 0 saturated carbocycles. The van der Waals surface area contributed by atoms with Crippen molar-refractivity contribution in [1.29, 1.82) is 0 Å². The van der Waals surface area contributed by atoms with E-state index in [1.807, 2.05) is 31.2 Å². The fourth-order valence-corrected chi connectivity index (χ4v) is 2.99. The predicted molar refractivity (Wildman–Crippen MR) is 125 cm³/mol. The maximum absolute atomic E-state index is 12.9. The first-order valence-corrected chi connectivity index (χ1v) is 10.7. The number of H-pyrrole nitrogens is 1. The lowest BCUT2D eigenvalue weighted by atomic mass is 10.1. The summed E-state index contributed by atoms with van der Waals surface area (Å²) in [6, 6.07) is 0.104. The lowest BCUT2D eigenvalue weighted by Crippen LogP contribution is -2.35. The van der Waals surface area contributed by atoms with E-state index >= 15 is 0 Å². The standard InChI is InChI=1S/C21H27FIN5O2/c1-14(4-5-15(2)30-21(22)23)19-12-24-13-20(26-11-10-25-19)28-18-8-6-17(7-9-18)27-16(3)29/h4-6,8-13,16-17,21,25,27,29H,7H2,1-3H3,(H,26,28)/b11-10?,14-4+,15-5+,19-12?,24-13?. The molecule has 0 fully saturated rings. The van der Waals surface area contributed by atoms with E-state index in [1.54, 1.807) is 67.3 Å². The molecule has 30 heavy (non-hydrogen) atoms. The van der Waals surface area contributed by atoms with Crippen LogP contribution in [0.5, 0.6) is 0 Å². The number of halogens is 2. The summed E-state index contributed by atoms with van der Waals surface area (Å²) in [5, 5.41) is 15.7. The molecule has 4 N–H and O–H groups in total. The molecule has 0 radical (unpaired) electrons. The minimum absolute atomic E-state index is 0.104. The van der Waals surface area contributed by atoms with Crippen LogP contribution >= 0.6 is 22.6 Å². The zero-order valence-corrected chi connectivity index (χ0v) is 19.3. The normalized spacial score (nSPS) is 18.9. The van der Waals surface area contributed by atoms with Gasteiger partial charge in [-0.25, -0.2) is 4.98 Å². The lowest BCUT2D eigenvalue weighted by molar-refractivity contribution is 0.0980. The van der Waals surface area contributed by atoms with Crippen LogP contribution in [0.3, 0.4) is 0 Å². The van der Waals surface area contributed by atoms with Crippen LogP contribution in [0.15, 0.2) is 66.6 Å². The Morgan fingerprint density at radius 2 is 2.20 bits per heavy atom. The number of aromatic nitrogens is 3. The molecule has 162 valence electrons. The molecule has 0 aliphatic heterocycles. The summed E-state index contributed by atoms with van der Waals surface area (Å²) < 4.78 is 16.4. The van der Waals surface area contributed by atoms with Gasteiger partial charge in [-0.05, 0) is 44.9 Å². The van der Waals surface area contributed by atoms with Crippen LogP contribution in [-0.4, -0.2) is 36.7 Å². The highest BCUT2D eigenvalue weighted by Gasteiger charge is 2.10. The van der Waals surface area contributed by atoms with Gasteiger partial charge in [-0.2, -0.15) is 4.39 Å². The molecule has 0 bridgehead atoms. The molecular weight excluding hydrogens is 500 g/mol. The Morgan fingerprint density at radius 3 is 2.87 bits per heavy atom. The average Bonchev–Trinajstić information content (AvgIpc) is 2.79. The van der Waals surface area contributed by atoms with Gasteiger partial charge < -0.3 is 20.1 Å². The number of nitrogens with zero attached hydrogens (tertiary/aromatic N) is 2. The van der Waals surface area contributed by atoms with E-state index in [9.17, 15) is 9.50 Å². The molecule has 0 aromatic carbocycles. The number of anilines is 1. The molecule has 1 aliphatic carbocycles. The van der Waals surface area contributed by atoms with Crippen molar-refractivity contribution in [2.45, 2.75) is 43.8 Å². The van der Waals surface area contributed by atoms with Crippen LogP contribution in [0.2, 0.25) is 0 Å². The summed E-state index contributed by atoms with van der Waals surface area (Å²) in [4.78, 5) is 11.8. The van der Waals surface area contributed by atoms with Crippen molar-refractivity contribution in [3.05, 3.63) is 72.3 Å². The summed E-state index contributed by atoms with van der Waals surface area (Å²) in [7, 11) is 0. The minimum Gasteiger partial charge on any atom is -0.456 e. The van der Waals surface area contributed by atoms with Crippen molar-refractivity contribution in [2.24, 2.45) is 0 Å². The third-order valence-corrected chi connectivity index (χ3v) is 4.28. The molecule has 7 nitrogen and oxygen atoms in total. The van der Waals surface area contributed by atoms with Crippen molar-refractivity contribution >= 4 is 34.0 Å². The Kier molecular flexibility index (Phi) is 9.98. The van der Waals surface area contributed by atoms with Crippen LogP contribution < -0.4 is 10.6 Å². The fourth-order valence-electron chi connectivity index (χ4n) is 2.58. The third kappa shape index (κ3) is 9.06. The lowest BCUT2D eigenvalue weighted by Gasteiger charge is -2.19. The van der Waals surface area contributed by atoms with Gasteiger partial charge in [-0.15, -0.1) is 0 Å². The van der Waals surface area contributed by atoms with E-state index in [0.29, 0.717) is 11.6 Å². The quantitative estimate of drug-likeness (QED) is 0.131. The number of hydrogen-bond acceptors (Lipinski definition) is 6. The zero-order chi connectivity index (χ0) is 21.9. The van der Waals surface area contributed by atoms with E-state index in [2.05, 4.69) is 25.6 Å². The van der Waals surface area contributed by atoms with Crippen LogP contribution in [0.25, 0.3) is 5.57 Å². The Morgan fingerprint density at radius 1 is 1.40 bits per heavy atom. The van der Waals surface area contributed by atoms with Crippen LogP contribution in [0, 0.1) is 0 Å². The minimum atomic E-state index is -1.38. The number of nitrogens with one attached hydrogen (secondary N) is 3. The molecule has 2 rings (SSSR count). The number of ether oxygens (including phenoxy) is 1. The van der Waals surface area contributed by atoms with E-state index in [4.69, 9.17) is 4.74 Å². The van der Waals surface area contributed by atoms with E-state index in [1.165, 1.54) is 0 Å². The highest BCUT2D eigenvalue weighted by atomic mass is 127. The van der Waals surface area contributed by atoms with Gasteiger partial charge in [-0.3, -0.25) is 10.3 Å². The van der Waals surface area contributed by atoms with Crippen molar-refractivity contribution in [1.82, 2.24) is 20.3 Å². The number of aliphatic hydroxyl groups is 1. The fraction of sp³-hybridized carbons (Fsp3) is 0.333. The van der Waals surface area contributed by atoms with Gasteiger partial charge in [0.25, 0.3) is 4.36 Å². The van der Waals surface area contributed by atoms with Crippen molar-refractivity contribution in [2.75, 3.05) is 5.32 Å².